The number of aryl methyl sites for hydroxylation is 1. The van der Waals surface area contributed by atoms with Gasteiger partial charge in [0, 0.05) is 12.3 Å². The molecule has 2 aromatic carbocycles. The number of H-pyrrole nitrogens is 1. The summed E-state index contributed by atoms with van der Waals surface area (Å²) in [6, 6.07) is 13.5. The van der Waals surface area contributed by atoms with E-state index in [1.807, 2.05) is 55.6 Å². The lowest BCUT2D eigenvalue weighted by molar-refractivity contribution is -0.116. The largest absolute Gasteiger partial charge is 0.493 e. The first-order valence-corrected chi connectivity index (χ1v) is 11.1. The number of anilines is 1. The zero-order valence-corrected chi connectivity index (χ0v) is 18.3. The number of ether oxygens (including phenoxy) is 2. The number of thioether (sulfide) groups is 1. The number of rotatable bonds is 6. The molecule has 8 heteroatoms. The Bertz CT molecular complexity index is 1190. The lowest BCUT2D eigenvalue weighted by Crippen LogP contribution is -2.31. The lowest BCUT2D eigenvalue weighted by Gasteiger charge is -2.25. The van der Waals surface area contributed by atoms with Gasteiger partial charge in [-0.05, 0) is 42.0 Å². The average molecular weight is 438 g/mol. The highest BCUT2D eigenvalue weighted by Gasteiger charge is 2.31. The molecule has 1 amide bonds. The van der Waals surface area contributed by atoms with E-state index >= 15 is 0 Å². The van der Waals surface area contributed by atoms with Gasteiger partial charge in [-0.1, -0.05) is 42.1 Å². The van der Waals surface area contributed by atoms with Crippen LogP contribution in [0.1, 0.15) is 34.6 Å². The maximum absolute atomic E-state index is 12.7. The summed E-state index contributed by atoms with van der Waals surface area (Å²) >= 11 is 1.31. The third-order valence-corrected chi connectivity index (χ3v) is 5.94. The van der Waals surface area contributed by atoms with E-state index < -0.39 is 5.92 Å². The van der Waals surface area contributed by atoms with Crippen molar-refractivity contribution in [2.45, 2.75) is 31.0 Å². The van der Waals surface area contributed by atoms with Crippen LogP contribution < -0.4 is 20.3 Å². The molecule has 0 aliphatic carbocycles. The third-order valence-electron chi connectivity index (χ3n) is 5.36. The van der Waals surface area contributed by atoms with Crippen LogP contribution in [0.15, 0.2) is 52.4 Å². The van der Waals surface area contributed by atoms with Crippen molar-refractivity contribution in [1.82, 2.24) is 9.97 Å². The third kappa shape index (κ3) is 4.29. The summed E-state index contributed by atoms with van der Waals surface area (Å²) in [6.07, 6.45) is 1.97. The first-order valence-electron chi connectivity index (χ1n) is 9.83. The summed E-state index contributed by atoms with van der Waals surface area (Å²) in [6.45, 7) is 2.46. The maximum Gasteiger partial charge on any atom is 0.257 e. The quantitative estimate of drug-likeness (QED) is 0.449. The van der Waals surface area contributed by atoms with Gasteiger partial charge in [-0.2, -0.15) is 0 Å². The number of hydrogen-bond donors (Lipinski definition) is 2. The molecule has 1 aromatic heterocycles. The van der Waals surface area contributed by atoms with Gasteiger partial charge in [0.05, 0.1) is 12.7 Å². The molecule has 1 aliphatic heterocycles. The maximum atomic E-state index is 12.7. The molecule has 1 unspecified atom stereocenters. The molecular weight excluding hydrogens is 414 g/mol. The zero-order valence-electron chi connectivity index (χ0n) is 17.5. The van der Waals surface area contributed by atoms with Crippen LogP contribution in [0, 0.1) is 6.92 Å². The van der Waals surface area contributed by atoms with Crippen molar-refractivity contribution in [3.63, 3.8) is 0 Å². The van der Waals surface area contributed by atoms with Gasteiger partial charge < -0.3 is 19.8 Å². The summed E-state index contributed by atoms with van der Waals surface area (Å²) in [5, 5.41) is 3.18. The molecule has 3 aromatic rings. The van der Waals surface area contributed by atoms with E-state index in [2.05, 4.69) is 15.3 Å². The van der Waals surface area contributed by atoms with Gasteiger partial charge in [0.25, 0.3) is 5.56 Å². The Hall–Kier alpha value is -3.26. The van der Waals surface area contributed by atoms with Crippen molar-refractivity contribution in [3.8, 4) is 11.5 Å². The number of fused-ring (bicyclic) bond motifs is 1. The summed E-state index contributed by atoms with van der Waals surface area (Å²) < 4.78 is 11.5. The van der Waals surface area contributed by atoms with Gasteiger partial charge in [-0.15, -0.1) is 0 Å². The average Bonchev–Trinajstić information content (AvgIpc) is 2.77. The van der Waals surface area contributed by atoms with Gasteiger partial charge in [0.15, 0.2) is 16.7 Å². The zero-order chi connectivity index (χ0) is 22.0. The predicted octanol–water partition coefficient (Wildman–Crippen LogP) is 3.86. The number of aromatic amines is 1. The molecule has 2 N–H and O–H groups in total. The molecule has 0 bridgehead atoms. The smallest absolute Gasteiger partial charge is 0.257 e. The van der Waals surface area contributed by atoms with Crippen molar-refractivity contribution in [1.29, 1.82) is 0 Å². The van der Waals surface area contributed by atoms with Crippen molar-refractivity contribution in [3.05, 3.63) is 75.1 Å². The van der Waals surface area contributed by atoms with Crippen LogP contribution in [0.4, 0.5) is 5.82 Å². The molecule has 0 saturated heterocycles. The minimum absolute atomic E-state index is 0.156. The van der Waals surface area contributed by atoms with Gasteiger partial charge in [-0.3, -0.25) is 9.59 Å². The first kappa shape index (κ1) is 21.0. The molecular formula is C23H23N3O4S. The fraction of sp³-hybridized carbons (Fsp3) is 0.261. The molecule has 2 heterocycles. The second-order valence-electron chi connectivity index (χ2n) is 7.27. The SMILES string of the molecule is COc1cc(C2CC(=O)Nc3nc(SC)[nH]c(=O)c32)ccc1OCc1ccccc1C. The van der Waals surface area contributed by atoms with Crippen molar-refractivity contribution >= 4 is 23.5 Å². The fourth-order valence-electron chi connectivity index (χ4n) is 3.68. The van der Waals surface area contributed by atoms with Crippen molar-refractivity contribution in [2.24, 2.45) is 0 Å². The number of nitrogens with one attached hydrogen (secondary N) is 2. The molecule has 0 radical (unpaired) electrons. The number of methoxy groups -OCH3 is 1. The highest BCUT2D eigenvalue weighted by atomic mass is 32.2. The van der Waals surface area contributed by atoms with E-state index in [9.17, 15) is 9.59 Å². The monoisotopic (exact) mass is 437 g/mol. The van der Waals surface area contributed by atoms with E-state index in [0.717, 1.165) is 16.7 Å². The first-order chi connectivity index (χ1) is 15.0. The Morgan fingerprint density at radius 1 is 1.16 bits per heavy atom. The molecule has 4 rings (SSSR count). The van der Waals surface area contributed by atoms with Crippen LogP contribution in [0.5, 0.6) is 11.5 Å². The second-order valence-corrected chi connectivity index (χ2v) is 8.06. The summed E-state index contributed by atoms with van der Waals surface area (Å²) in [5.74, 6) is 0.855. The van der Waals surface area contributed by atoms with Crippen molar-refractivity contribution < 1.29 is 14.3 Å². The molecule has 1 atom stereocenters. The Labute approximate surface area is 184 Å². The summed E-state index contributed by atoms with van der Waals surface area (Å²) in [5.41, 5.74) is 3.24. The Balaban J connectivity index is 1.66. The molecule has 0 fully saturated rings. The van der Waals surface area contributed by atoms with Gasteiger partial charge >= 0.3 is 0 Å². The van der Waals surface area contributed by atoms with E-state index in [4.69, 9.17) is 9.47 Å². The number of aromatic nitrogens is 2. The Morgan fingerprint density at radius 2 is 1.97 bits per heavy atom. The van der Waals surface area contributed by atoms with Gasteiger partial charge in [-0.25, -0.2) is 4.98 Å². The number of nitrogens with zero attached hydrogens (tertiary/aromatic N) is 1. The Kier molecular flexibility index (Phi) is 5.99. The molecule has 0 saturated carbocycles. The molecule has 31 heavy (non-hydrogen) atoms. The highest BCUT2D eigenvalue weighted by molar-refractivity contribution is 7.98. The molecule has 7 nitrogen and oxygen atoms in total. The van der Waals surface area contributed by atoms with Crippen LogP contribution in [-0.2, 0) is 11.4 Å². The van der Waals surface area contributed by atoms with E-state index in [0.29, 0.717) is 34.6 Å². The number of carbonyl (C=O) groups is 1. The van der Waals surface area contributed by atoms with Crippen LogP contribution in [0.2, 0.25) is 0 Å². The highest BCUT2D eigenvalue weighted by Crippen LogP contribution is 2.38. The van der Waals surface area contributed by atoms with Gasteiger partial charge in [0.1, 0.15) is 12.4 Å². The van der Waals surface area contributed by atoms with Crippen LogP contribution in [-0.4, -0.2) is 29.2 Å². The minimum atomic E-state index is -0.421. The van der Waals surface area contributed by atoms with E-state index in [-0.39, 0.29) is 17.9 Å². The van der Waals surface area contributed by atoms with Crippen LogP contribution >= 0.6 is 11.8 Å². The minimum Gasteiger partial charge on any atom is -0.493 e. The van der Waals surface area contributed by atoms with Crippen molar-refractivity contribution in [2.75, 3.05) is 18.7 Å². The fourth-order valence-corrected chi connectivity index (χ4v) is 4.06. The number of amides is 1. The summed E-state index contributed by atoms with van der Waals surface area (Å²) in [4.78, 5) is 32.2. The van der Waals surface area contributed by atoms with E-state index in [1.165, 1.54) is 11.8 Å². The molecule has 0 spiro atoms. The second kappa shape index (κ2) is 8.85. The van der Waals surface area contributed by atoms with Gasteiger partial charge in [0.2, 0.25) is 5.91 Å². The Morgan fingerprint density at radius 3 is 2.71 bits per heavy atom. The van der Waals surface area contributed by atoms with E-state index in [1.54, 1.807) is 7.11 Å². The number of hydrogen-bond acceptors (Lipinski definition) is 6. The number of benzene rings is 2. The standard InChI is InChI=1S/C23H23N3O4S/c1-13-6-4-5-7-15(13)12-30-17-9-8-14(10-18(17)29-2)16-11-19(27)24-21-20(16)22(28)26-23(25-21)31-3/h4-10,16H,11-12H2,1-3H3,(H2,24,25,26,27,28). The van der Waals surface area contributed by atoms with Crippen LogP contribution in [0.25, 0.3) is 0 Å². The molecule has 1 aliphatic rings. The summed E-state index contributed by atoms with van der Waals surface area (Å²) in [7, 11) is 1.57. The predicted molar refractivity (Wildman–Crippen MR) is 120 cm³/mol. The molecule has 160 valence electrons. The van der Waals surface area contributed by atoms with Crippen LogP contribution in [0.3, 0.4) is 0 Å². The lowest BCUT2D eigenvalue weighted by atomic mass is 9.86. The number of carbonyl (C=O) groups excluding carboxylic acids is 1. The topological polar surface area (TPSA) is 93.3 Å². The normalized spacial score (nSPS) is 15.2.